The zero-order valence-electron chi connectivity index (χ0n) is 13.9. The smallest absolute Gasteiger partial charge is 0.269 e. The molecule has 0 amide bonds. The van der Waals surface area contributed by atoms with E-state index in [1.807, 2.05) is 35.2 Å². The molecule has 3 rings (SSSR count). The van der Waals surface area contributed by atoms with Crippen molar-refractivity contribution in [1.82, 2.24) is 0 Å². The third-order valence-electron chi connectivity index (χ3n) is 3.78. The Morgan fingerprint density at radius 2 is 1.85 bits per heavy atom. The van der Waals surface area contributed by atoms with Crippen LogP contribution in [0.25, 0.3) is 0 Å². The van der Waals surface area contributed by atoms with E-state index in [1.165, 1.54) is 24.3 Å². The van der Waals surface area contributed by atoms with Crippen molar-refractivity contribution in [3.8, 4) is 0 Å². The number of amidine groups is 1. The maximum atomic E-state index is 12.7. The fraction of sp³-hybridized carbons (Fsp3) is 0.222. The second kappa shape index (κ2) is 9.49. The highest BCUT2D eigenvalue weighted by Gasteiger charge is 2.20. The Morgan fingerprint density at radius 1 is 1.15 bits per heavy atom. The molecule has 1 heterocycles. The molecule has 0 atom stereocenters. The van der Waals surface area contributed by atoms with Gasteiger partial charge in [0, 0.05) is 35.7 Å². The Kier molecular flexibility index (Phi) is 7.35. The van der Waals surface area contributed by atoms with Crippen molar-refractivity contribution in [2.24, 2.45) is 4.99 Å². The van der Waals surface area contributed by atoms with Crippen molar-refractivity contribution in [2.75, 3.05) is 23.7 Å². The number of aliphatic imine (C=N–C) groups is 1. The number of nitro groups is 1. The molecular weight excluding hydrogens is 418 g/mol. The van der Waals surface area contributed by atoms with Crippen LogP contribution < -0.4 is 4.90 Å². The zero-order chi connectivity index (χ0) is 17.6. The summed E-state index contributed by atoms with van der Waals surface area (Å²) >= 11 is 1.64. The van der Waals surface area contributed by atoms with Crippen LogP contribution in [-0.4, -0.2) is 34.7 Å². The number of carbonyl (C=O) groups excluding carboxylic acids is 1. The third-order valence-corrected chi connectivity index (χ3v) is 4.88. The lowest BCUT2D eigenvalue weighted by Crippen LogP contribution is -2.35. The van der Waals surface area contributed by atoms with E-state index < -0.39 is 4.92 Å². The number of thioether (sulfide) groups is 1. The van der Waals surface area contributed by atoms with Gasteiger partial charge in [-0.2, -0.15) is 0 Å². The molecule has 0 unspecified atom stereocenters. The predicted octanol–water partition coefficient (Wildman–Crippen LogP) is 4.35. The second-order valence-corrected chi connectivity index (χ2v) is 6.58. The van der Waals surface area contributed by atoms with Crippen molar-refractivity contribution in [3.63, 3.8) is 0 Å². The van der Waals surface area contributed by atoms with Crippen LogP contribution in [-0.2, 0) is 0 Å². The fourth-order valence-electron chi connectivity index (χ4n) is 2.49. The lowest BCUT2D eigenvalue weighted by molar-refractivity contribution is -0.384. The molecule has 26 heavy (non-hydrogen) atoms. The molecule has 0 bridgehead atoms. The number of non-ortho nitro benzene ring substituents is 1. The molecule has 0 aromatic heterocycles. The molecule has 0 saturated heterocycles. The van der Waals surface area contributed by atoms with E-state index in [4.69, 9.17) is 0 Å². The van der Waals surface area contributed by atoms with E-state index in [1.54, 1.807) is 11.8 Å². The Bertz CT molecular complexity index is 797. The minimum atomic E-state index is -0.474. The molecule has 0 spiro atoms. The first-order chi connectivity index (χ1) is 12.1. The van der Waals surface area contributed by atoms with Crippen LogP contribution in [0.2, 0.25) is 0 Å². The Hall–Kier alpha value is -2.19. The fourth-order valence-corrected chi connectivity index (χ4v) is 3.46. The Balaban J connectivity index is 0.00000243. The van der Waals surface area contributed by atoms with E-state index in [-0.39, 0.29) is 35.0 Å². The number of Topliss-reactive ketones (excluding diaryl/α,β-unsaturated/α-hetero) is 1. The first-order valence-corrected chi connectivity index (χ1v) is 8.91. The summed E-state index contributed by atoms with van der Waals surface area (Å²) < 4.78 is 0. The number of anilines is 1. The van der Waals surface area contributed by atoms with Gasteiger partial charge in [0.1, 0.15) is 0 Å². The van der Waals surface area contributed by atoms with Crippen molar-refractivity contribution in [2.45, 2.75) is 6.42 Å². The maximum Gasteiger partial charge on any atom is 0.269 e. The first kappa shape index (κ1) is 20.1. The van der Waals surface area contributed by atoms with Gasteiger partial charge in [-0.1, -0.05) is 30.0 Å². The number of rotatable bonds is 5. The molecule has 0 saturated carbocycles. The molecule has 1 aliphatic heterocycles. The molecule has 0 N–H and O–H groups in total. The topological polar surface area (TPSA) is 75.8 Å². The predicted molar refractivity (Wildman–Crippen MR) is 111 cm³/mol. The highest BCUT2D eigenvalue weighted by Crippen LogP contribution is 2.23. The molecule has 8 heteroatoms. The average Bonchev–Trinajstić information content (AvgIpc) is 2.67. The van der Waals surface area contributed by atoms with Gasteiger partial charge in [-0.3, -0.25) is 19.9 Å². The summed E-state index contributed by atoms with van der Waals surface area (Å²) in [5.74, 6) is 0.876. The third kappa shape index (κ3) is 4.92. The van der Waals surface area contributed by atoms with Gasteiger partial charge in [0.2, 0.25) is 0 Å². The summed E-state index contributed by atoms with van der Waals surface area (Å²) in [6.07, 6.45) is 1.03. The minimum absolute atomic E-state index is 0. The highest BCUT2D eigenvalue weighted by atomic mass is 79.9. The summed E-state index contributed by atoms with van der Waals surface area (Å²) in [7, 11) is 0. The molecular formula is C18H18BrN3O3S. The molecule has 6 nitrogen and oxygen atoms in total. The number of benzene rings is 2. The molecule has 2 aromatic carbocycles. The van der Waals surface area contributed by atoms with E-state index in [0.717, 1.165) is 29.6 Å². The van der Waals surface area contributed by atoms with Crippen molar-refractivity contribution in [3.05, 3.63) is 70.3 Å². The molecule has 2 aromatic rings. The van der Waals surface area contributed by atoms with Gasteiger partial charge in [0.05, 0.1) is 11.5 Å². The van der Waals surface area contributed by atoms with Gasteiger partial charge in [-0.25, -0.2) is 0 Å². The lowest BCUT2D eigenvalue weighted by atomic mass is 10.1. The number of ketones is 1. The summed E-state index contributed by atoms with van der Waals surface area (Å²) in [5, 5.41) is 11.6. The van der Waals surface area contributed by atoms with Crippen molar-refractivity contribution < 1.29 is 9.72 Å². The number of para-hydroxylation sites is 1. The average molecular weight is 436 g/mol. The van der Waals surface area contributed by atoms with E-state index in [0.29, 0.717) is 5.56 Å². The summed E-state index contributed by atoms with van der Waals surface area (Å²) in [4.78, 5) is 29.4. The normalized spacial score (nSPS) is 13.3. The van der Waals surface area contributed by atoms with Gasteiger partial charge in [-0.05, 0) is 30.7 Å². The lowest BCUT2D eigenvalue weighted by Gasteiger charge is -2.27. The molecule has 0 radical (unpaired) electrons. The molecule has 136 valence electrons. The second-order valence-electron chi connectivity index (χ2n) is 5.52. The number of halogens is 1. The van der Waals surface area contributed by atoms with Gasteiger partial charge in [-0.15, -0.1) is 17.0 Å². The Labute approximate surface area is 166 Å². The number of nitrogens with zero attached hydrogens (tertiary/aromatic N) is 3. The van der Waals surface area contributed by atoms with Gasteiger partial charge in [0.25, 0.3) is 5.69 Å². The van der Waals surface area contributed by atoms with Crippen molar-refractivity contribution >= 4 is 51.1 Å². The van der Waals surface area contributed by atoms with Gasteiger partial charge >= 0.3 is 0 Å². The van der Waals surface area contributed by atoms with E-state index in [2.05, 4.69) is 4.99 Å². The van der Waals surface area contributed by atoms with Crippen LogP contribution in [0.3, 0.4) is 0 Å². The van der Waals surface area contributed by atoms with Gasteiger partial charge in [0.15, 0.2) is 11.0 Å². The van der Waals surface area contributed by atoms with Crippen molar-refractivity contribution in [1.29, 1.82) is 0 Å². The highest BCUT2D eigenvalue weighted by molar-refractivity contribution is 8.93. The minimum Gasteiger partial charge on any atom is -0.313 e. The van der Waals surface area contributed by atoms with Gasteiger partial charge < -0.3 is 4.90 Å². The zero-order valence-corrected chi connectivity index (χ0v) is 16.4. The standard InChI is InChI=1S/C18H17N3O3S.BrH/c22-17(14-7-9-16(10-8-14)21(23)24)13-20(15-5-2-1-3-6-15)18-19-11-4-12-25-18;/h1-3,5-10H,4,11-13H2;1H. The molecule has 0 aliphatic carbocycles. The van der Waals surface area contributed by atoms with Crippen LogP contribution in [0.1, 0.15) is 16.8 Å². The largest absolute Gasteiger partial charge is 0.313 e. The molecule has 0 fully saturated rings. The SMILES string of the molecule is Br.O=C(CN(C1=NCCCS1)c1ccccc1)c1ccc([N+](=O)[O-])cc1. The number of nitro benzene ring substituents is 1. The van der Waals surface area contributed by atoms with Crippen LogP contribution in [0.4, 0.5) is 11.4 Å². The summed E-state index contributed by atoms with van der Waals surface area (Å²) in [5.41, 5.74) is 1.34. The number of hydrogen-bond acceptors (Lipinski definition) is 6. The van der Waals surface area contributed by atoms with Crippen LogP contribution in [0.15, 0.2) is 59.6 Å². The maximum absolute atomic E-state index is 12.7. The van der Waals surface area contributed by atoms with E-state index in [9.17, 15) is 14.9 Å². The quantitative estimate of drug-likeness (QED) is 0.396. The monoisotopic (exact) mass is 435 g/mol. The van der Waals surface area contributed by atoms with E-state index >= 15 is 0 Å². The Morgan fingerprint density at radius 3 is 2.42 bits per heavy atom. The number of hydrogen-bond donors (Lipinski definition) is 0. The first-order valence-electron chi connectivity index (χ1n) is 7.92. The van der Waals surface area contributed by atoms with Crippen LogP contribution in [0, 0.1) is 10.1 Å². The van der Waals surface area contributed by atoms with Crippen LogP contribution in [0.5, 0.6) is 0 Å². The number of carbonyl (C=O) groups is 1. The van der Waals surface area contributed by atoms with Crippen LogP contribution >= 0.6 is 28.7 Å². The molecule has 1 aliphatic rings. The summed E-state index contributed by atoms with van der Waals surface area (Å²) in [6, 6.07) is 15.4. The summed E-state index contributed by atoms with van der Waals surface area (Å²) in [6.45, 7) is 0.908.